The Kier molecular flexibility index (Phi) is 3.81. The van der Waals surface area contributed by atoms with Crippen LogP contribution in [0.3, 0.4) is 0 Å². The average molecular weight is 238 g/mol. The molecule has 0 saturated carbocycles. The molecular formula is C12H18N2O3. The number of esters is 1. The maximum Gasteiger partial charge on any atom is 0.373 e. The van der Waals surface area contributed by atoms with Crippen LogP contribution in [0, 0.1) is 0 Å². The molecule has 1 aliphatic rings. The van der Waals surface area contributed by atoms with E-state index in [0.29, 0.717) is 0 Å². The second-order valence-corrected chi connectivity index (χ2v) is 4.16. The SMILES string of the molecule is COC(=O)c1ccc(C(C)N2CCNCC2)o1. The highest BCUT2D eigenvalue weighted by Crippen LogP contribution is 2.22. The highest BCUT2D eigenvalue weighted by Gasteiger charge is 2.22. The number of furan rings is 1. The fourth-order valence-corrected chi connectivity index (χ4v) is 2.04. The summed E-state index contributed by atoms with van der Waals surface area (Å²) in [5, 5.41) is 3.31. The lowest BCUT2D eigenvalue weighted by Gasteiger charge is -2.31. The van der Waals surface area contributed by atoms with Gasteiger partial charge in [0.05, 0.1) is 13.2 Å². The third-order valence-corrected chi connectivity index (χ3v) is 3.12. The molecule has 5 nitrogen and oxygen atoms in total. The number of nitrogens with zero attached hydrogens (tertiary/aromatic N) is 1. The number of nitrogens with one attached hydrogen (secondary N) is 1. The van der Waals surface area contributed by atoms with Gasteiger partial charge < -0.3 is 14.5 Å². The minimum Gasteiger partial charge on any atom is -0.463 e. The summed E-state index contributed by atoms with van der Waals surface area (Å²) in [6.45, 7) is 6.07. The Bertz CT molecular complexity index is 383. The van der Waals surface area contributed by atoms with E-state index >= 15 is 0 Å². The lowest BCUT2D eigenvalue weighted by Crippen LogP contribution is -2.44. The Balaban J connectivity index is 2.05. The van der Waals surface area contributed by atoms with Crippen LogP contribution in [-0.4, -0.2) is 44.2 Å². The van der Waals surface area contributed by atoms with E-state index in [1.807, 2.05) is 6.07 Å². The van der Waals surface area contributed by atoms with Gasteiger partial charge in [-0.05, 0) is 19.1 Å². The van der Waals surface area contributed by atoms with Gasteiger partial charge in [0.1, 0.15) is 5.76 Å². The zero-order chi connectivity index (χ0) is 12.3. The topological polar surface area (TPSA) is 54.7 Å². The quantitative estimate of drug-likeness (QED) is 0.797. The molecule has 0 aliphatic carbocycles. The third kappa shape index (κ3) is 2.68. The summed E-state index contributed by atoms with van der Waals surface area (Å²) in [5.74, 6) is 0.653. The standard InChI is InChI=1S/C12H18N2O3/c1-9(14-7-5-13-6-8-14)10-3-4-11(17-10)12(15)16-2/h3-4,9,13H,5-8H2,1-2H3. The van der Waals surface area contributed by atoms with Gasteiger partial charge in [0, 0.05) is 26.2 Å². The van der Waals surface area contributed by atoms with Crippen LogP contribution in [-0.2, 0) is 4.74 Å². The summed E-state index contributed by atoms with van der Waals surface area (Å²) >= 11 is 0. The Morgan fingerprint density at radius 3 is 2.82 bits per heavy atom. The minimum atomic E-state index is -0.427. The van der Waals surface area contributed by atoms with Gasteiger partial charge in [0.25, 0.3) is 0 Å². The van der Waals surface area contributed by atoms with E-state index in [9.17, 15) is 4.79 Å². The number of methoxy groups -OCH3 is 1. The van der Waals surface area contributed by atoms with Crippen molar-refractivity contribution in [1.82, 2.24) is 10.2 Å². The van der Waals surface area contributed by atoms with Crippen LogP contribution in [0.25, 0.3) is 0 Å². The minimum absolute atomic E-state index is 0.190. The summed E-state index contributed by atoms with van der Waals surface area (Å²) in [6.07, 6.45) is 0. The van der Waals surface area contributed by atoms with Gasteiger partial charge in [-0.2, -0.15) is 0 Å². The number of piperazine rings is 1. The molecule has 0 aromatic carbocycles. The van der Waals surface area contributed by atoms with Crippen LogP contribution in [0.15, 0.2) is 16.5 Å². The maximum absolute atomic E-state index is 11.3. The third-order valence-electron chi connectivity index (χ3n) is 3.12. The van der Waals surface area contributed by atoms with Crippen molar-refractivity contribution in [2.75, 3.05) is 33.3 Å². The van der Waals surface area contributed by atoms with Crippen molar-refractivity contribution < 1.29 is 13.9 Å². The van der Waals surface area contributed by atoms with Gasteiger partial charge in [-0.1, -0.05) is 0 Å². The lowest BCUT2D eigenvalue weighted by atomic mass is 10.2. The Morgan fingerprint density at radius 1 is 1.47 bits per heavy atom. The smallest absolute Gasteiger partial charge is 0.373 e. The van der Waals surface area contributed by atoms with E-state index in [4.69, 9.17) is 4.42 Å². The van der Waals surface area contributed by atoms with E-state index in [0.717, 1.165) is 31.9 Å². The monoisotopic (exact) mass is 238 g/mol. The molecule has 0 spiro atoms. The molecule has 1 aromatic rings. The second kappa shape index (κ2) is 5.33. The van der Waals surface area contributed by atoms with Crippen LogP contribution >= 0.6 is 0 Å². The first kappa shape index (κ1) is 12.1. The van der Waals surface area contributed by atoms with Gasteiger partial charge in [0.2, 0.25) is 5.76 Å². The van der Waals surface area contributed by atoms with E-state index in [1.54, 1.807) is 6.07 Å². The Morgan fingerprint density at radius 2 is 2.18 bits per heavy atom. The summed E-state index contributed by atoms with van der Waals surface area (Å²) in [5.41, 5.74) is 0. The van der Waals surface area contributed by atoms with E-state index < -0.39 is 5.97 Å². The second-order valence-electron chi connectivity index (χ2n) is 4.16. The van der Waals surface area contributed by atoms with Gasteiger partial charge in [0.15, 0.2) is 0 Å². The van der Waals surface area contributed by atoms with Crippen LogP contribution in [0.1, 0.15) is 29.3 Å². The predicted molar refractivity (Wildman–Crippen MR) is 62.9 cm³/mol. The van der Waals surface area contributed by atoms with Crippen molar-refractivity contribution in [3.8, 4) is 0 Å². The van der Waals surface area contributed by atoms with Crippen LogP contribution in [0.4, 0.5) is 0 Å². The van der Waals surface area contributed by atoms with Crippen LogP contribution < -0.4 is 5.32 Å². The number of rotatable bonds is 3. The largest absolute Gasteiger partial charge is 0.463 e. The predicted octanol–water partition coefficient (Wildman–Crippen LogP) is 1.03. The molecule has 1 atom stereocenters. The molecule has 94 valence electrons. The van der Waals surface area contributed by atoms with Gasteiger partial charge >= 0.3 is 5.97 Å². The first-order valence-corrected chi connectivity index (χ1v) is 5.85. The van der Waals surface area contributed by atoms with Crippen molar-refractivity contribution in [3.05, 3.63) is 23.7 Å². The zero-order valence-corrected chi connectivity index (χ0v) is 10.2. The van der Waals surface area contributed by atoms with Gasteiger partial charge in [-0.3, -0.25) is 4.90 Å². The molecular weight excluding hydrogens is 220 g/mol. The van der Waals surface area contributed by atoms with Crippen molar-refractivity contribution >= 4 is 5.97 Å². The maximum atomic E-state index is 11.3. The molecule has 0 radical (unpaired) electrons. The number of hydrogen-bond donors (Lipinski definition) is 1. The molecule has 5 heteroatoms. The molecule has 0 amide bonds. The summed E-state index contributed by atoms with van der Waals surface area (Å²) in [7, 11) is 1.35. The first-order chi connectivity index (χ1) is 8.22. The molecule has 1 aliphatic heterocycles. The van der Waals surface area contributed by atoms with Crippen molar-refractivity contribution in [1.29, 1.82) is 0 Å². The van der Waals surface area contributed by atoms with Crippen molar-refractivity contribution in [2.24, 2.45) is 0 Å². The summed E-state index contributed by atoms with van der Waals surface area (Å²) < 4.78 is 10.1. The molecule has 2 rings (SSSR count). The molecule has 17 heavy (non-hydrogen) atoms. The highest BCUT2D eigenvalue weighted by molar-refractivity contribution is 5.86. The number of ether oxygens (including phenoxy) is 1. The zero-order valence-electron chi connectivity index (χ0n) is 10.2. The number of carbonyl (C=O) groups excluding carboxylic acids is 1. The Labute approximate surface area is 101 Å². The summed E-state index contributed by atoms with van der Waals surface area (Å²) in [6, 6.07) is 3.70. The molecule has 1 aromatic heterocycles. The van der Waals surface area contributed by atoms with Crippen molar-refractivity contribution in [2.45, 2.75) is 13.0 Å². The van der Waals surface area contributed by atoms with Gasteiger partial charge in [-0.15, -0.1) is 0 Å². The van der Waals surface area contributed by atoms with Crippen LogP contribution in [0.5, 0.6) is 0 Å². The molecule has 1 unspecified atom stereocenters. The molecule has 1 saturated heterocycles. The molecule has 0 bridgehead atoms. The number of hydrogen-bond acceptors (Lipinski definition) is 5. The Hall–Kier alpha value is -1.33. The average Bonchev–Trinajstić information content (AvgIpc) is 2.87. The first-order valence-electron chi connectivity index (χ1n) is 5.85. The fraction of sp³-hybridized carbons (Fsp3) is 0.583. The van der Waals surface area contributed by atoms with E-state index in [2.05, 4.69) is 21.9 Å². The van der Waals surface area contributed by atoms with E-state index in [-0.39, 0.29) is 11.8 Å². The highest BCUT2D eigenvalue weighted by atomic mass is 16.5. The van der Waals surface area contributed by atoms with Crippen LogP contribution in [0.2, 0.25) is 0 Å². The van der Waals surface area contributed by atoms with Crippen molar-refractivity contribution in [3.63, 3.8) is 0 Å². The molecule has 2 heterocycles. The summed E-state index contributed by atoms with van der Waals surface area (Å²) in [4.78, 5) is 13.6. The number of carbonyl (C=O) groups is 1. The normalized spacial score (nSPS) is 18.9. The lowest BCUT2D eigenvalue weighted by molar-refractivity contribution is 0.0558. The molecule has 1 N–H and O–H groups in total. The molecule has 1 fully saturated rings. The van der Waals surface area contributed by atoms with Gasteiger partial charge in [-0.25, -0.2) is 4.79 Å². The fourth-order valence-electron chi connectivity index (χ4n) is 2.04. The van der Waals surface area contributed by atoms with E-state index in [1.165, 1.54) is 7.11 Å².